The van der Waals surface area contributed by atoms with Crippen molar-refractivity contribution in [2.24, 2.45) is 10.8 Å². The predicted molar refractivity (Wildman–Crippen MR) is 58.0 cm³/mol. The zero-order valence-electron chi connectivity index (χ0n) is 9.59. The minimum atomic E-state index is -2.22. The van der Waals surface area contributed by atoms with Crippen LogP contribution in [0.25, 0.3) is 0 Å². The molecule has 0 aromatic rings. The number of carbonyl (C=O) groups excluding carboxylic acids is 4. The van der Waals surface area contributed by atoms with Gasteiger partial charge in [-0.05, 0) is 0 Å². The minimum Gasteiger partial charge on any atom is -0.334 e. The van der Waals surface area contributed by atoms with Gasteiger partial charge >= 0.3 is 0 Å². The summed E-state index contributed by atoms with van der Waals surface area (Å²) in [7, 11) is 0. The van der Waals surface area contributed by atoms with E-state index >= 15 is 0 Å². The molecule has 3 aliphatic heterocycles. The van der Waals surface area contributed by atoms with Crippen LogP contribution in [-0.2, 0) is 19.2 Å². The van der Waals surface area contributed by atoms with Gasteiger partial charge in [0.1, 0.15) is 6.17 Å². The zero-order chi connectivity index (χ0) is 13.5. The molecule has 7 nitrogen and oxygen atoms in total. The fourth-order valence-corrected chi connectivity index (χ4v) is 3.77. The van der Waals surface area contributed by atoms with Crippen LogP contribution < -0.4 is 16.0 Å². The third kappa shape index (κ3) is 0.754. The van der Waals surface area contributed by atoms with Crippen molar-refractivity contribution >= 4 is 35.2 Å². The molecule has 3 heterocycles. The molecule has 3 aliphatic rings. The van der Waals surface area contributed by atoms with Crippen molar-refractivity contribution in [3.63, 3.8) is 0 Å². The van der Waals surface area contributed by atoms with Gasteiger partial charge in [0, 0.05) is 5.41 Å². The summed E-state index contributed by atoms with van der Waals surface area (Å²) in [6.45, 7) is 3.23. The Hall–Kier alpha value is -1.63. The number of piperidine rings is 1. The number of carbonyl (C=O) groups is 4. The normalized spacial score (nSPS) is 44.3. The molecule has 0 aliphatic carbocycles. The number of alkyl halides is 1. The van der Waals surface area contributed by atoms with Crippen LogP contribution in [0.15, 0.2) is 0 Å². The van der Waals surface area contributed by atoms with Crippen molar-refractivity contribution in [3.05, 3.63) is 0 Å². The fourth-order valence-electron chi connectivity index (χ4n) is 3.26. The molecule has 2 bridgehead atoms. The Labute approximate surface area is 107 Å². The van der Waals surface area contributed by atoms with Gasteiger partial charge < -0.3 is 10.6 Å². The van der Waals surface area contributed by atoms with E-state index in [0.717, 1.165) is 0 Å². The van der Waals surface area contributed by atoms with Gasteiger partial charge in [0.15, 0.2) is 5.41 Å². The van der Waals surface area contributed by atoms with E-state index in [4.69, 9.17) is 11.6 Å². The number of nitrogens with one attached hydrogen (secondary N) is 3. The van der Waals surface area contributed by atoms with Gasteiger partial charge in [-0.2, -0.15) is 0 Å². The van der Waals surface area contributed by atoms with Gasteiger partial charge in [-0.15, -0.1) is 0 Å². The molecule has 4 amide bonds. The van der Waals surface area contributed by atoms with Gasteiger partial charge in [-0.25, -0.2) is 0 Å². The standard InChI is InChI=1S/C10H10ClN3O4/c1-8(2)3-12-4(15)9(8)5(16)14-7(18)10(9,11)6(17)13-3/h3H,1-2H3,(H,12,15)(H,13,17)(H,14,16,18). The predicted octanol–water partition coefficient (Wildman–Crippen LogP) is -1.78. The van der Waals surface area contributed by atoms with E-state index < -0.39 is 45.5 Å². The highest BCUT2D eigenvalue weighted by Gasteiger charge is 2.85. The summed E-state index contributed by atoms with van der Waals surface area (Å²) in [6.07, 6.45) is -0.721. The lowest BCUT2D eigenvalue weighted by Crippen LogP contribution is -2.70. The van der Waals surface area contributed by atoms with Crippen molar-refractivity contribution in [3.8, 4) is 0 Å². The smallest absolute Gasteiger partial charge is 0.259 e. The van der Waals surface area contributed by atoms with Gasteiger partial charge in [0.05, 0.1) is 0 Å². The van der Waals surface area contributed by atoms with Crippen LogP contribution in [-0.4, -0.2) is 34.7 Å². The third-order valence-corrected chi connectivity index (χ3v) is 4.92. The van der Waals surface area contributed by atoms with Crippen LogP contribution in [0, 0.1) is 10.8 Å². The lowest BCUT2D eigenvalue weighted by atomic mass is 9.57. The van der Waals surface area contributed by atoms with Crippen molar-refractivity contribution in [1.82, 2.24) is 16.0 Å². The summed E-state index contributed by atoms with van der Waals surface area (Å²) in [5, 5.41) is 6.98. The molecule has 0 saturated carbocycles. The molecule has 0 aromatic heterocycles. The molecule has 3 atom stereocenters. The van der Waals surface area contributed by atoms with Gasteiger partial charge in [-0.3, -0.25) is 24.5 Å². The second-order valence-corrected chi connectivity index (χ2v) is 5.86. The Bertz CT molecular complexity index is 545. The summed E-state index contributed by atoms with van der Waals surface area (Å²) in [4.78, 5) is 45.9. The van der Waals surface area contributed by atoms with E-state index in [2.05, 4.69) is 10.6 Å². The molecular weight excluding hydrogens is 262 g/mol. The molecule has 3 unspecified atom stereocenters. The lowest BCUT2D eigenvalue weighted by Gasteiger charge is -2.46. The first-order chi connectivity index (χ1) is 8.20. The van der Waals surface area contributed by atoms with Crippen molar-refractivity contribution in [2.75, 3.05) is 0 Å². The Kier molecular flexibility index (Phi) is 1.71. The molecule has 18 heavy (non-hydrogen) atoms. The van der Waals surface area contributed by atoms with E-state index in [0.29, 0.717) is 0 Å². The first-order valence-electron chi connectivity index (χ1n) is 5.37. The molecule has 3 N–H and O–H groups in total. The highest BCUT2D eigenvalue weighted by atomic mass is 35.5. The van der Waals surface area contributed by atoms with Gasteiger partial charge in [0.2, 0.25) is 16.7 Å². The Morgan fingerprint density at radius 3 is 2.11 bits per heavy atom. The second-order valence-electron chi connectivity index (χ2n) is 5.29. The summed E-state index contributed by atoms with van der Waals surface area (Å²) in [6, 6.07) is 0. The molecule has 0 aromatic carbocycles. The molecule has 3 fully saturated rings. The maximum Gasteiger partial charge on any atom is 0.259 e. The topological polar surface area (TPSA) is 104 Å². The molecule has 1 spiro atoms. The molecule has 96 valence electrons. The monoisotopic (exact) mass is 271 g/mol. The van der Waals surface area contributed by atoms with Crippen molar-refractivity contribution in [2.45, 2.75) is 24.9 Å². The number of rotatable bonds is 0. The van der Waals surface area contributed by atoms with E-state index in [1.165, 1.54) is 0 Å². The van der Waals surface area contributed by atoms with Crippen LogP contribution in [0.1, 0.15) is 13.8 Å². The number of fused-ring (bicyclic) bond motifs is 1. The molecular formula is C10H10ClN3O4. The Morgan fingerprint density at radius 1 is 0.944 bits per heavy atom. The minimum absolute atomic E-state index is 0.700. The van der Waals surface area contributed by atoms with Gasteiger partial charge in [-0.1, -0.05) is 25.4 Å². The summed E-state index contributed by atoms with van der Waals surface area (Å²) in [5.41, 5.74) is -2.90. The van der Waals surface area contributed by atoms with Crippen LogP contribution >= 0.6 is 11.6 Å². The molecule has 3 rings (SSSR count). The maximum atomic E-state index is 12.2. The molecule has 8 heteroatoms. The van der Waals surface area contributed by atoms with Crippen LogP contribution in [0.3, 0.4) is 0 Å². The molecule has 3 saturated heterocycles. The third-order valence-electron chi connectivity index (χ3n) is 4.29. The maximum absolute atomic E-state index is 12.2. The molecule has 0 radical (unpaired) electrons. The average molecular weight is 272 g/mol. The first-order valence-corrected chi connectivity index (χ1v) is 5.75. The van der Waals surface area contributed by atoms with E-state index in [1.54, 1.807) is 13.8 Å². The van der Waals surface area contributed by atoms with Crippen molar-refractivity contribution < 1.29 is 19.2 Å². The number of hydrogen-bond donors (Lipinski definition) is 3. The summed E-state index contributed by atoms with van der Waals surface area (Å²) >= 11 is 6.13. The quantitative estimate of drug-likeness (QED) is 0.275. The number of halogens is 1. The van der Waals surface area contributed by atoms with Crippen molar-refractivity contribution in [1.29, 1.82) is 0 Å². The largest absolute Gasteiger partial charge is 0.334 e. The summed E-state index contributed by atoms with van der Waals surface area (Å²) < 4.78 is 0. The highest BCUT2D eigenvalue weighted by molar-refractivity contribution is 6.54. The number of imide groups is 1. The fraction of sp³-hybridized carbons (Fsp3) is 0.600. The average Bonchev–Trinajstić information content (AvgIpc) is 2.53. The SMILES string of the molecule is CC1(C)C2NC(=O)C3(Cl)C(=O)NC(=O)C31C(=O)N2. The van der Waals surface area contributed by atoms with Gasteiger partial charge in [0.25, 0.3) is 11.8 Å². The first kappa shape index (κ1) is 11.5. The van der Waals surface area contributed by atoms with E-state index in [9.17, 15) is 19.2 Å². The van der Waals surface area contributed by atoms with Crippen LogP contribution in [0.5, 0.6) is 0 Å². The van der Waals surface area contributed by atoms with Crippen LogP contribution in [0.2, 0.25) is 0 Å². The zero-order valence-corrected chi connectivity index (χ0v) is 10.3. The van der Waals surface area contributed by atoms with E-state index in [-0.39, 0.29) is 0 Å². The highest BCUT2D eigenvalue weighted by Crippen LogP contribution is 2.60. The number of hydrogen-bond acceptors (Lipinski definition) is 4. The second kappa shape index (κ2) is 2.69. The van der Waals surface area contributed by atoms with E-state index in [1.807, 2.05) is 5.32 Å². The summed E-state index contributed by atoms with van der Waals surface area (Å²) in [5.74, 6) is -3.29. The number of amides is 4. The van der Waals surface area contributed by atoms with Crippen LogP contribution in [0.4, 0.5) is 0 Å². The Morgan fingerprint density at radius 2 is 1.50 bits per heavy atom. The lowest BCUT2D eigenvalue weighted by molar-refractivity contribution is -0.154. The Balaban J connectivity index is 2.40.